The van der Waals surface area contributed by atoms with E-state index in [2.05, 4.69) is 0 Å². The molecule has 0 bridgehead atoms. The number of aromatic hydroxyl groups is 1. The third-order valence-corrected chi connectivity index (χ3v) is 4.28. The number of likely N-dealkylation sites (N-methyl/N-ethyl adjacent to an activating group) is 1. The second-order valence-electron chi connectivity index (χ2n) is 5.91. The molecule has 0 aliphatic carbocycles. The summed E-state index contributed by atoms with van der Waals surface area (Å²) in [6.45, 7) is 5.49. The van der Waals surface area contributed by atoms with E-state index in [0.717, 1.165) is 5.56 Å². The number of carbonyl (C=O) groups excluding carboxylic acids is 2. The lowest BCUT2D eigenvalue weighted by molar-refractivity contribution is -0.143. The quantitative estimate of drug-likeness (QED) is 0.838. The standard InChI is InChI=1S/C17H25N3O3/c1-3-19(4-2)17(23)15-10-13(18)11-20(15)16(22)9-12-6-5-7-14(21)8-12/h5-8,13,15,21H,3-4,9-11,18H2,1-2H3/t13-,15+/m1/s1. The Kier molecular flexibility index (Phi) is 5.60. The van der Waals surface area contributed by atoms with Crippen LogP contribution in [-0.4, -0.2) is 58.4 Å². The molecule has 23 heavy (non-hydrogen) atoms. The number of nitrogens with zero attached hydrogens (tertiary/aromatic N) is 2. The molecule has 0 aromatic heterocycles. The Morgan fingerprint density at radius 1 is 1.35 bits per heavy atom. The molecular formula is C17H25N3O3. The van der Waals surface area contributed by atoms with E-state index in [0.29, 0.717) is 26.1 Å². The molecule has 1 saturated heterocycles. The van der Waals surface area contributed by atoms with Gasteiger partial charge in [-0.15, -0.1) is 0 Å². The minimum atomic E-state index is -0.477. The molecule has 1 aromatic carbocycles. The maximum atomic E-state index is 12.6. The summed E-state index contributed by atoms with van der Waals surface area (Å²) < 4.78 is 0. The monoisotopic (exact) mass is 319 g/mol. The number of carbonyl (C=O) groups is 2. The van der Waals surface area contributed by atoms with Gasteiger partial charge < -0.3 is 20.6 Å². The first-order chi connectivity index (χ1) is 11.0. The lowest BCUT2D eigenvalue weighted by Gasteiger charge is -2.29. The summed E-state index contributed by atoms with van der Waals surface area (Å²) in [5.74, 6) is -0.0366. The van der Waals surface area contributed by atoms with Crippen molar-refractivity contribution < 1.29 is 14.7 Å². The molecule has 2 amide bonds. The van der Waals surface area contributed by atoms with Crippen LogP contribution in [0.25, 0.3) is 0 Å². The zero-order valence-corrected chi connectivity index (χ0v) is 13.7. The number of likely N-dealkylation sites (tertiary alicyclic amines) is 1. The maximum Gasteiger partial charge on any atom is 0.245 e. The largest absolute Gasteiger partial charge is 0.508 e. The van der Waals surface area contributed by atoms with Crippen LogP contribution in [0.5, 0.6) is 5.75 Å². The van der Waals surface area contributed by atoms with Gasteiger partial charge in [0, 0.05) is 25.7 Å². The zero-order valence-electron chi connectivity index (χ0n) is 13.7. The van der Waals surface area contributed by atoms with Gasteiger partial charge in [-0.3, -0.25) is 9.59 Å². The topological polar surface area (TPSA) is 86.9 Å². The number of phenolic OH excluding ortho intramolecular Hbond substituents is 1. The Hall–Kier alpha value is -2.08. The summed E-state index contributed by atoms with van der Waals surface area (Å²) >= 11 is 0. The first-order valence-electron chi connectivity index (χ1n) is 8.08. The van der Waals surface area contributed by atoms with Crippen molar-refractivity contribution in [2.24, 2.45) is 5.73 Å². The summed E-state index contributed by atoms with van der Waals surface area (Å²) in [5, 5.41) is 9.50. The molecule has 126 valence electrons. The van der Waals surface area contributed by atoms with Crippen LogP contribution in [-0.2, 0) is 16.0 Å². The molecule has 2 atom stereocenters. The average molecular weight is 319 g/mol. The second kappa shape index (κ2) is 7.46. The van der Waals surface area contributed by atoms with E-state index in [4.69, 9.17) is 5.73 Å². The summed E-state index contributed by atoms with van der Waals surface area (Å²) in [6, 6.07) is 5.96. The van der Waals surface area contributed by atoms with Crippen LogP contribution in [0.3, 0.4) is 0 Å². The molecule has 1 fully saturated rings. The summed E-state index contributed by atoms with van der Waals surface area (Å²) in [7, 11) is 0. The van der Waals surface area contributed by atoms with Gasteiger partial charge >= 0.3 is 0 Å². The Labute approximate surface area is 136 Å². The van der Waals surface area contributed by atoms with E-state index in [1.54, 1.807) is 34.1 Å². The van der Waals surface area contributed by atoms with Gasteiger partial charge in [-0.05, 0) is 38.0 Å². The van der Waals surface area contributed by atoms with Crippen LogP contribution in [0, 0.1) is 0 Å². The highest BCUT2D eigenvalue weighted by Crippen LogP contribution is 2.21. The van der Waals surface area contributed by atoms with Gasteiger partial charge in [0.1, 0.15) is 11.8 Å². The van der Waals surface area contributed by atoms with Crippen LogP contribution < -0.4 is 5.73 Å². The molecular weight excluding hydrogens is 294 g/mol. The Morgan fingerprint density at radius 2 is 2.04 bits per heavy atom. The number of rotatable bonds is 5. The van der Waals surface area contributed by atoms with Crippen LogP contribution in [0.2, 0.25) is 0 Å². The number of nitrogens with two attached hydrogens (primary N) is 1. The first-order valence-corrected chi connectivity index (χ1v) is 8.08. The molecule has 0 saturated carbocycles. The van der Waals surface area contributed by atoms with Crippen molar-refractivity contribution in [1.29, 1.82) is 0 Å². The summed E-state index contributed by atoms with van der Waals surface area (Å²) in [4.78, 5) is 28.5. The van der Waals surface area contributed by atoms with Crippen LogP contribution in [0.15, 0.2) is 24.3 Å². The number of phenols is 1. The van der Waals surface area contributed by atoms with Crippen LogP contribution >= 0.6 is 0 Å². The van der Waals surface area contributed by atoms with Gasteiger partial charge in [0.15, 0.2) is 0 Å². The normalized spacial score (nSPS) is 20.6. The lowest BCUT2D eigenvalue weighted by Crippen LogP contribution is -2.48. The van der Waals surface area contributed by atoms with Gasteiger partial charge in [0.2, 0.25) is 11.8 Å². The molecule has 1 aliphatic rings. The fourth-order valence-corrected chi connectivity index (χ4v) is 3.07. The number of benzene rings is 1. The fourth-order valence-electron chi connectivity index (χ4n) is 3.07. The Morgan fingerprint density at radius 3 is 2.65 bits per heavy atom. The minimum absolute atomic E-state index is 0.0350. The lowest BCUT2D eigenvalue weighted by atomic mass is 10.1. The highest BCUT2D eigenvalue weighted by Gasteiger charge is 2.39. The molecule has 6 nitrogen and oxygen atoms in total. The molecule has 1 aromatic rings. The van der Waals surface area contributed by atoms with Gasteiger partial charge in [0.05, 0.1) is 6.42 Å². The number of hydrogen-bond donors (Lipinski definition) is 2. The predicted molar refractivity (Wildman–Crippen MR) is 87.8 cm³/mol. The molecule has 0 unspecified atom stereocenters. The van der Waals surface area contributed by atoms with E-state index in [9.17, 15) is 14.7 Å². The number of amides is 2. The molecule has 1 heterocycles. The molecule has 0 spiro atoms. The maximum absolute atomic E-state index is 12.6. The van der Waals surface area contributed by atoms with Gasteiger partial charge in [-0.25, -0.2) is 0 Å². The molecule has 3 N–H and O–H groups in total. The molecule has 2 rings (SSSR count). The van der Waals surface area contributed by atoms with Crippen LogP contribution in [0.4, 0.5) is 0 Å². The Bertz CT molecular complexity index is 572. The zero-order chi connectivity index (χ0) is 17.0. The van der Waals surface area contributed by atoms with Gasteiger partial charge in [0.25, 0.3) is 0 Å². The Balaban J connectivity index is 2.12. The molecule has 1 aliphatic heterocycles. The van der Waals surface area contributed by atoms with Gasteiger partial charge in [-0.1, -0.05) is 12.1 Å². The SMILES string of the molecule is CCN(CC)C(=O)[C@@H]1C[C@@H](N)CN1C(=O)Cc1cccc(O)c1. The van der Waals surface area contributed by atoms with E-state index in [-0.39, 0.29) is 30.0 Å². The highest BCUT2D eigenvalue weighted by molar-refractivity contribution is 5.89. The van der Waals surface area contributed by atoms with E-state index in [1.807, 2.05) is 13.8 Å². The van der Waals surface area contributed by atoms with E-state index in [1.165, 1.54) is 0 Å². The van der Waals surface area contributed by atoms with E-state index < -0.39 is 6.04 Å². The minimum Gasteiger partial charge on any atom is -0.508 e. The fraction of sp³-hybridized carbons (Fsp3) is 0.529. The van der Waals surface area contributed by atoms with Crippen molar-refractivity contribution in [3.8, 4) is 5.75 Å². The van der Waals surface area contributed by atoms with Crippen LogP contribution in [0.1, 0.15) is 25.8 Å². The van der Waals surface area contributed by atoms with Crippen molar-refractivity contribution in [2.45, 2.75) is 38.8 Å². The predicted octanol–water partition coefficient (Wildman–Crippen LogP) is 0.731. The van der Waals surface area contributed by atoms with E-state index >= 15 is 0 Å². The molecule has 6 heteroatoms. The van der Waals surface area contributed by atoms with Crippen molar-refractivity contribution in [1.82, 2.24) is 9.80 Å². The van der Waals surface area contributed by atoms with Gasteiger partial charge in [-0.2, -0.15) is 0 Å². The summed E-state index contributed by atoms with van der Waals surface area (Å²) in [6.07, 6.45) is 0.657. The second-order valence-corrected chi connectivity index (χ2v) is 5.91. The van der Waals surface area contributed by atoms with Crippen molar-refractivity contribution in [2.75, 3.05) is 19.6 Å². The smallest absolute Gasteiger partial charge is 0.245 e. The number of hydrogen-bond acceptors (Lipinski definition) is 4. The van der Waals surface area contributed by atoms with Crippen molar-refractivity contribution in [3.05, 3.63) is 29.8 Å². The summed E-state index contributed by atoms with van der Waals surface area (Å²) in [5.41, 5.74) is 6.71. The third kappa shape index (κ3) is 4.01. The van der Waals surface area contributed by atoms with Crippen molar-refractivity contribution >= 4 is 11.8 Å². The third-order valence-electron chi connectivity index (χ3n) is 4.28. The first kappa shape index (κ1) is 17.3. The van der Waals surface area contributed by atoms with Crippen molar-refractivity contribution in [3.63, 3.8) is 0 Å². The highest BCUT2D eigenvalue weighted by atomic mass is 16.3. The average Bonchev–Trinajstić information content (AvgIpc) is 2.90. The molecule has 0 radical (unpaired) electrons.